The van der Waals surface area contributed by atoms with Gasteiger partial charge in [-0.2, -0.15) is 0 Å². The molecule has 1 amide bonds. The Kier molecular flexibility index (Phi) is 5.45. The standard InChI is InChI=1S/C20H28N2O3/c1-14-15(2)22(9-10-25-3)19-7-6-17(11-18(14)19)20(24)21-8-4-5-16(12-21)13-23/h6-7,11,16,23H,4-5,8-10,12-13H2,1-3H3. The smallest absolute Gasteiger partial charge is 0.253 e. The van der Waals surface area contributed by atoms with Gasteiger partial charge in [-0.15, -0.1) is 0 Å². The Morgan fingerprint density at radius 1 is 1.36 bits per heavy atom. The zero-order valence-corrected chi connectivity index (χ0v) is 15.4. The first-order chi connectivity index (χ1) is 12.1. The van der Waals surface area contributed by atoms with Crippen LogP contribution in [0.1, 0.15) is 34.5 Å². The molecule has 1 saturated heterocycles. The van der Waals surface area contributed by atoms with Gasteiger partial charge in [0.15, 0.2) is 0 Å². The molecule has 1 atom stereocenters. The van der Waals surface area contributed by atoms with Crippen molar-refractivity contribution in [2.24, 2.45) is 5.92 Å². The van der Waals surface area contributed by atoms with Crippen molar-refractivity contribution in [1.82, 2.24) is 9.47 Å². The summed E-state index contributed by atoms with van der Waals surface area (Å²) in [5, 5.41) is 10.5. The van der Waals surface area contributed by atoms with Crippen LogP contribution in [0, 0.1) is 19.8 Å². The van der Waals surface area contributed by atoms with Gasteiger partial charge in [0.2, 0.25) is 0 Å². The lowest BCUT2D eigenvalue weighted by atomic mass is 9.98. The van der Waals surface area contributed by atoms with Crippen molar-refractivity contribution in [2.45, 2.75) is 33.2 Å². The highest BCUT2D eigenvalue weighted by Gasteiger charge is 2.24. The molecule has 1 aliphatic heterocycles. The van der Waals surface area contributed by atoms with E-state index in [-0.39, 0.29) is 18.4 Å². The van der Waals surface area contributed by atoms with Gasteiger partial charge in [-0.25, -0.2) is 0 Å². The molecule has 5 nitrogen and oxygen atoms in total. The van der Waals surface area contributed by atoms with E-state index in [1.807, 2.05) is 23.1 Å². The maximum atomic E-state index is 12.9. The average molecular weight is 344 g/mol. The lowest BCUT2D eigenvalue weighted by Crippen LogP contribution is -2.40. The zero-order chi connectivity index (χ0) is 18.0. The number of amides is 1. The minimum atomic E-state index is 0.0711. The number of methoxy groups -OCH3 is 1. The van der Waals surface area contributed by atoms with Crippen LogP contribution in [0.3, 0.4) is 0 Å². The molecule has 1 aromatic heterocycles. The number of aryl methyl sites for hydroxylation is 1. The summed E-state index contributed by atoms with van der Waals surface area (Å²) < 4.78 is 7.47. The van der Waals surface area contributed by atoms with Gasteiger partial charge >= 0.3 is 0 Å². The van der Waals surface area contributed by atoms with E-state index in [4.69, 9.17) is 4.74 Å². The number of aromatic nitrogens is 1. The van der Waals surface area contributed by atoms with Crippen LogP contribution in [0.2, 0.25) is 0 Å². The van der Waals surface area contributed by atoms with Crippen LogP contribution in [-0.2, 0) is 11.3 Å². The van der Waals surface area contributed by atoms with Crippen molar-refractivity contribution in [3.8, 4) is 0 Å². The molecular formula is C20H28N2O3. The van der Waals surface area contributed by atoms with Gasteiger partial charge < -0.3 is 19.3 Å². The molecule has 5 heteroatoms. The Morgan fingerprint density at radius 3 is 2.88 bits per heavy atom. The topological polar surface area (TPSA) is 54.7 Å². The van der Waals surface area contributed by atoms with E-state index in [0.717, 1.165) is 42.4 Å². The number of aliphatic hydroxyl groups is 1. The number of ether oxygens (including phenoxy) is 1. The molecule has 25 heavy (non-hydrogen) atoms. The Hall–Kier alpha value is -1.85. The van der Waals surface area contributed by atoms with E-state index in [1.165, 1.54) is 11.3 Å². The molecule has 0 spiro atoms. The van der Waals surface area contributed by atoms with Crippen LogP contribution in [0.4, 0.5) is 0 Å². The summed E-state index contributed by atoms with van der Waals surface area (Å²) >= 11 is 0. The lowest BCUT2D eigenvalue weighted by Gasteiger charge is -2.32. The van der Waals surface area contributed by atoms with E-state index >= 15 is 0 Å². The number of piperidine rings is 1. The molecule has 2 heterocycles. The van der Waals surface area contributed by atoms with E-state index < -0.39 is 0 Å². The number of likely N-dealkylation sites (tertiary alicyclic amines) is 1. The van der Waals surface area contributed by atoms with Crippen LogP contribution in [0.15, 0.2) is 18.2 Å². The Morgan fingerprint density at radius 2 is 2.16 bits per heavy atom. The van der Waals surface area contributed by atoms with E-state index in [1.54, 1.807) is 7.11 Å². The van der Waals surface area contributed by atoms with Gasteiger partial charge in [-0.1, -0.05) is 0 Å². The molecule has 1 unspecified atom stereocenters. The molecule has 0 saturated carbocycles. The van der Waals surface area contributed by atoms with Crippen LogP contribution < -0.4 is 0 Å². The fourth-order valence-corrected chi connectivity index (χ4v) is 3.83. The molecular weight excluding hydrogens is 316 g/mol. The third-order valence-corrected chi connectivity index (χ3v) is 5.47. The van der Waals surface area contributed by atoms with Crippen molar-refractivity contribution < 1.29 is 14.6 Å². The molecule has 1 aromatic carbocycles. The number of rotatable bonds is 5. The number of nitrogens with zero attached hydrogens (tertiary/aromatic N) is 2. The normalized spacial score (nSPS) is 18.1. The van der Waals surface area contributed by atoms with E-state index in [0.29, 0.717) is 13.2 Å². The summed E-state index contributed by atoms with van der Waals surface area (Å²) in [6.07, 6.45) is 1.96. The SMILES string of the molecule is COCCn1c(C)c(C)c2cc(C(=O)N3CCCC(CO)C3)ccc21. The minimum absolute atomic E-state index is 0.0711. The first-order valence-electron chi connectivity index (χ1n) is 9.05. The molecule has 136 valence electrons. The molecule has 1 N–H and O–H groups in total. The quantitative estimate of drug-likeness (QED) is 0.907. The monoisotopic (exact) mass is 344 g/mol. The average Bonchev–Trinajstić information content (AvgIpc) is 2.89. The first-order valence-corrected chi connectivity index (χ1v) is 9.05. The lowest BCUT2D eigenvalue weighted by molar-refractivity contribution is 0.0621. The molecule has 2 aromatic rings. The maximum Gasteiger partial charge on any atom is 0.253 e. The van der Waals surface area contributed by atoms with Gasteiger partial charge in [-0.05, 0) is 56.4 Å². The zero-order valence-electron chi connectivity index (χ0n) is 15.4. The number of hydrogen-bond acceptors (Lipinski definition) is 3. The summed E-state index contributed by atoms with van der Waals surface area (Å²) in [5.41, 5.74) is 4.32. The van der Waals surface area contributed by atoms with Crippen LogP contribution in [-0.4, -0.2) is 53.9 Å². The molecule has 1 fully saturated rings. The number of hydrogen-bond donors (Lipinski definition) is 1. The highest BCUT2D eigenvalue weighted by Crippen LogP contribution is 2.27. The van der Waals surface area contributed by atoms with Gasteiger partial charge in [0.25, 0.3) is 5.91 Å². The molecule has 3 rings (SSSR count). The first kappa shape index (κ1) is 18.0. The Labute approximate surface area is 149 Å². The third-order valence-electron chi connectivity index (χ3n) is 5.47. The van der Waals surface area contributed by atoms with Crippen LogP contribution in [0.5, 0.6) is 0 Å². The minimum Gasteiger partial charge on any atom is -0.396 e. The van der Waals surface area contributed by atoms with Gasteiger partial charge in [0, 0.05) is 55.5 Å². The maximum absolute atomic E-state index is 12.9. The summed E-state index contributed by atoms with van der Waals surface area (Å²) in [6.45, 7) is 7.29. The van der Waals surface area contributed by atoms with Gasteiger partial charge in [-0.3, -0.25) is 4.79 Å². The molecule has 1 aliphatic rings. The van der Waals surface area contributed by atoms with Crippen molar-refractivity contribution in [3.05, 3.63) is 35.0 Å². The Balaban J connectivity index is 1.90. The summed E-state index contributed by atoms with van der Waals surface area (Å²) in [4.78, 5) is 14.8. The van der Waals surface area contributed by atoms with E-state index in [9.17, 15) is 9.90 Å². The Bertz CT molecular complexity index is 766. The highest BCUT2D eigenvalue weighted by atomic mass is 16.5. The number of fused-ring (bicyclic) bond motifs is 1. The van der Waals surface area contributed by atoms with Crippen molar-refractivity contribution in [3.63, 3.8) is 0 Å². The fraction of sp³-hybridized carbons (Fsp3) is 0.550. The molecule has 0 bridgehead atoms. The predicted octanol–water partition coefficient (Wildman–Crippen LogP) is 2.75. The predicted molar refractivity (Wildman–Crippen MR) is 99.0 cm³/mol. The second-order valence-corrected chi connectivity index (χ2v) is 7.03. The highest BCUT2D eigenvalue weighted by molar-refractivity contribution is 5.99. The number of carbonyl (C=O) groups is 1. The third kappa shape index (κ3) is 3.44. The summed E-state index contributed by atoms with van der Waals surface area (Å²) in [7, 11) is 1.71. The van der Waals surface area contributed by atoms with E-state index in [2.05, 4.69) is 18.4 Å². The second kappa shape index (κ2) is 7.58. The number of benzene rings is 1. The van der Waals surface area contributed by atoms with Gasteiger partial charge in [0.1, 0.15) is 0 Å². The largest absolute Gasteiger partial charge is 0.396 e. The van der Waals surface area contributed by atoms with Crippen molar-refractivity contribution in [2.75, 3.05) is 33.4 Å². The van der Waals surface area contributed by atoms with Crippen molar-refractivity contribution in [1.29, 1.82) is 0 Å². The fourth-order valence-electron chi connectivity index (χ4n) is 3.83. The summed E-state index contributed by atoms with van der Waals surface area (Å²) in [5.74, 6) is 0.280. The molecule has 0 aliphatic carbocycles. The summed E-state index contributed by atoms with van der Waals surface area (Å²) in [6, 6.07) is 5.99. The number of aliphatic hydroxyl groups excluding tert-OH is 1. The second-order valence-electron chi connectivity index (χ2n) is 7.03. The van der Waals surface area contributed by atoms with Crippen LogP contribution >= 0.6 is 0 Å². The van der Waals surface area contributed by atoms with Crippen molar-refractivity contribution >= 4 is 16.8 Å². The van der Waals surface area contributed by atoms with Crippen LogP contribution in [0.25, 0.3) is 10.9 Å². The van der Waals surface area contributed by atoms with Gasteiger partial charge in [0.05, 0.1) is 6.61 Å². The molecule has 0 radical (unpaired) electrons. The number of carbonyl (C=O) groups excluding carboxylic acids is 1.